The van der Waals surface area contributed by atoms with Gasteiger partial charge in [-0.05, 0) is 72.8 Å². The van der Waals surface area contributed by atoms with Gasteiger partial charge in [-0.25, -0.2) is 19.2 Å². The Morgan fingerprint density at radius 1 is 0.800 bits per heavy atom. The summed E-state index contributed by atoms with van der Waals surface area (Å²) in [7, 11) is 0. The first-order chi connectivity index (χ1) is 18.6. The molecule has 0 aliphatic heterocycles. The molecule has 2 atom stereocenters. The Balaban J connectivity index is 2.68. The van der Waals surface area contributed by atoms with Crippen LogP contribution in [-0.4, -0.2) is 65.0 Å². The van der Waals surface area contributed by atoms with Crippen LogP contribution in [0.2, 0.25) is 0 Å². The van der Waals surface area contributed by atoms with Gasteiger partial charge in [0.05, 0.1) is 0 Å². The standard InChI is InChI=1S/C28H43N3O9/c1-27(2,3)39-23(34)20(14-10-11-17-29-26(37)38-18-19-12-8-7-9-13-19)30-25(36)31-21(15-16-22(32)33)24(35)40-28(4,5)6/h7-9,12-13,20-21H,10-11,14-18H2,1-6H3,(H,29,37)(H,32,33)(H2,30,31,36)/t20-,21-/m0/s1. The number of unbranched alkanes of at least 4 members (excludes halogenated alkanes) is 1. The number of carboxylic acids is 1. The van der Waals surface area contributed by atoms with E-state index in [2.05, 4.69) is 16.0 Å². The highest BCUT2D eigenvalue weighted by Gasteiger charge is 2.30. The Bertz CT molecular complexity index is 985. The van der Waals surface area contributed by atoms with E-state index in [1.807, 2.05) is 30.3 Å². The van der Waals surface area contributed by atoms with Crippen molar-refractivity contribution in [2.75, 3.05) is 6.54 Å². The highest BCUT2D eigenvalue weighted by molar-refractivity contribution is 5.87. The lowest BCUT2D eigenvalue weighted by atomic mass is 10.1. The first-order valence-corrected chi connectivity index (χ1v) is 13.2. The summed E-state index contributed by atoms with van der Waals surface area (Å²) < 4.78 is 15.9. The lowest BCUT2D eigenvalue weighted by Gasteiger charge is -2.26. The van der Waals surface area contributed by atoms with Crippen LogP contribution >= 0.6 is 0 Å². The van der Waals surface area contributed by atoms with Crippen LogP contribution in [0.15, 0.2) is 30.3 Å². The number of rotatable bonds is 14. The summed E-state index contributed by atoms with van der Waals surface area (Å²) in [4.78, 5) is 61.0. The smallest absolute Gasteiger partial charge is 0.407 e. The van der Waals surface area contributed by atoms with Gasteiger partial charge in [0.15, 0.2) is 0 Å². The lowest BCUT2D eigenvalue weighted by molar-refractivity contribution is -0.158. The normalized spacial score (nSPS) is 12.8. The molecular weight excluding hydrogens is 522 g/mol. The average molecular weight is 566 g/mol. The van der Waals surface area contributed by atoms with E-state index in [-0.39, 0.29) is 32.4 Å². The molecule has 0 aliphatic rings. The third-order valence-electron chi connectivity index (χ3n) is 5.04. The van der Waals surface area contributed by atoms with Gasteiger partial charge >= 0.3 is 30.0 Å². The number of hydrogen-bond acceptors (Lipinski definition) is 8. The number of amides is 3. The Morgan fingerprint density at radius 3 is 1.82 bits per heavy atom. The number of carbonyl (C=O) groups is 5. The number of carboxylic acid groups (broad SMARTS) is 1. The maximum atomic E-state index is 12.8. The molecular formula is C28H43N3O9. The van der Waals surface area contributed by atoms with Crippen LogP contribution in [0.1, 0.15) is 79.2 Å². The molecule has 3 amide bonds. The van der Waals surface area contributed by atoms with Gasteiger partial charge in [0.25, 0.3) is 0 Å². The molecule has 12 nitrogen and oxygen atoms in total. The number of nitrogens with one attached hydrogen (secondary N) is 3. The largest absolute Gasteiger partial charge is 0.481 e. The predicted octanol–water partition coefficient (Wildman–Crippen LogP) is 3.67. The molecule has 0 bridgehead atoms. The van der Waals surface area contributed by atoms with Crippen molar-refractivity contribution in [3.8, 4) is 0 Å². The van der Waals surface area contributed by atoms with E-state index in [0.29, 0.717) is 12.8 Å². The Labute approximate surface area is 235 Å². The fraction of sp³-hybridized carbons (Fsp3) is 0.607. The monoisotopic (exact) mass is 565 g/mol. The lowest BCUT2D eigenvalue weighted by Crippen LogP contribution is -2.53. The number of urea groups is 1. The van der Waals surface area contributed by atoms with Crippen LogP contribution < -0.4 is 16.0 Å². The van der Waals surface area contributed by atoms with Crippen LogP contribution in [0.3, 0.4) is 0 Å². The van der Waals surface area contributed by atoms with Gasteiger partial charge in [-0.15, -0.1) is 0 Å². The fourth-order valence-corrected chi connectivity index (χ4v) is 3.31. The molecule has 4 N–H and O–H groups in total. The molecule has 0 spiro atoms. The quantitative estimate of drug-likeness (QED) is 0.149. The Hall–Kier alpha value is -3.83. The van der Waals surface area contributed by atoms with Crippen molar-refractivity contribution >= 4 is 30.0 Å². The van der Waals surface area contributed by atoms with Crippen molar-refractivity contribution in [1.29, 1.82) is 0 Å². The molecule has 1 aromatic rings. The number of carbonyl (C=O) groups excluding carboxylic acids is 4. The summed E-state index contributed by atoms with van der Waals surface area (Å²) in [5, 5.41) is 16.6. The van der Waals surface area contributed by atoms with E-state index >= 15 is 0 Å². The van der Waals surface area contributed by atoms with Gasteiger partial charge in [-0.1, -0.05) is 30.3 Å². The summed E-state index contributed by atoms with van der Waals surface area (Å²) in [5.74, 6) is -2.60. The van der Waals surface area contributed by atoms with Crippen molar-refractivity contribution in [3.63, 3.8) is 0 Å². The highest BCUT2D eigenvalue weighted by atomic mass is 16.6. The van der Waals surface area contributed by atoms with Gasteiger partial charge < -0.3 is 35.3 Å². The van der Waals surface area contributed by atoms with Gasteiger partial charge in [0.1, 0.15) is 29.9 Å². The molecule has 40 heavy (non-hydrogen) atoms. The molecule has 1 aromatic carbocycles. The molecule has 0 fully saturated rings. The molecule has 1 rings (SSSR count). The third kappa shape index (κ3) is 16.2. The number of hydrogen-bond donors (Lipinski definition) is 4. The first-order valence-electron chi connectivity index (χ1n) is 13.2. The SMILES string of the molecule is CC(C)(C)OC(=O)[C@H](CCCCNC(=O)OCc1ccccc1)NC(=O)N[C@@H](CCC(=O)O)C(=O)OC(C)(C)C. The van der Waals surface area contributed by atoms with Crippen LogP contribution in [0, 0.1) is 0 Å². The number of aliphatic carboxylic acids is 1. The summed E-state index contributed by atoms with van der Waals surface area (Å²) in [6.45, 7) is 10.5. The Kier molecular flexibility index (Phi) is 13.9. The molecule has 0 saturated heterocycles. The first kappa shape index (κ1) is 34.2. The Morgan fingerprint density at radius 2 is 1.32 bits per heavy atom. The van der Waals surface area contributed by atoms with E-state index in [9.17, 15) is 24.0 Å². The fourth-order valence-electron chi connectivity index (χ4n) is 3.31. The number of alkyl carbamates (subject to hydrolysis) is 1. The topological polar surface area (TPSA) is 169 Å². The second kappa shape index (κ2) is 16.3. The van der Waals surface area contributed by atoms with E-state index in [1.165, 1.54) is 0 Å². The van der Waals surface area contributed by atoms with Gasteiger partial charge in [0, 0.05) is 13.0 Å². The van der Waals surface area contributed by atoms with Crippen LogP contribution in [0.25, 0.3) is 0 Å². The third-order valence-corrected chi connectivity index (χ3v) is 5.04. The summed E-state index contributed by atoms with van der Waals surface area (Å²) in [6.07, 6.45) is -0.0178. The van der Waals surface area contributed by atoms with Crippen LogP contribution in [-0.2, 0) is 35.2 Å². The highest BCUT2D eigenvalue weighted by Crippen LogP contribution is 2.13. The second-order valence-corrected chi connectivity index (χ2v) is 11.2. The van der Waals surface area contributed by atoms with E-state index < -0.39 is 53.3 Å². The van der Waals surface area contributed by atoms with Crippen molar-refractivity contribution in [1.82, 2.24) is 16.0 Å². The van der Waals surface area contributed by atoms with E-state index in [1.54, 1.807) is 41.5 Å². The summed E-state index contributed by atoms with van der Waals surface area (Å²) >= 11 is 0. The molecule has 0 heterocycles. The van der Waals surface area contributed by atoms with Crippen molar-refractivity contribution in [2.45, 2.75) is 104 Å². The maximum Gasteiger partial charge on any atom is 0.407 e. The second-order valence-electron chi connectivity index (χ2n) is 11.2. The molecule has 12 heteroatoms. The van der Waals surface area contributed by atoms with Gasteiger partial charge in [0.2, 0.25) is 0 Å². The zero-order chi connectivity index (χ0) is 30.3. The number of esters is 2. The van der Waals surface area contributed by atoms with Gasteiger partial charge in [-0.2, -0.15) is 0 Å². The predicted molar refractivity (Wildman–Crippen MR) is 146 cm³/mol. The molecule has 0 aromatic heterocycles. The summed E-state index contributed by atoms with van der Waals surface area (Å²) in [6, 6.07) is 6.11. The van der Waals surface area contributed by atoms with Crippen molar-refractivity contribution < 1.29 is 43.3 Å². The number of benzene rings is 1. The molecule has 0 radical (unpaired) electrons. The average Bonchev–Trinajstić information content (AvgIpc) is 2.82. The molecule has 0 unspecified atom stereocenters. The van der Waals surface area contributed by atoms with E-state index in [0.717, 1.165) is 5.56 Å². The van der Waals surface area contributed by atoms with Crippen molar-refractivity contribution in [3.05, 3.63) is 35.9 Å². The minimum absolute atomic E-state index is 0.142. The van der Waals surface area contributed by atoms with Crippen LogP contribution in [0.4, 0.5) is 9.59 Å². The molecule has 224 valence electrons. The molecule has 0 aliphatic carbocycles. The zero-order valence-electron chi connectivity index (χ0n) is 24.2. The molecule has 0 saturated carbocycles. The van der Waals surface area contributed by atoms with Crippen molar-refractivity contribution in [2.24, 2.45) is 0 Å². The van der Waals surface area contributed by atoms with Crippen LogP contribution in [0.5, 0.6) is 0 Å². The minimum atomic E-state index is -1.24. The summed E-state index contributed by atoms with van der Waals surface area (Å²) in [5.41, 5.74) is -0.797. The zero-order valence-corrected chi connectivity index (χ0v) is 24.2. The number of ether oxygens (including phenoxy) is 3. The minimum Gasteiger partial charge on any atom is -0.481 e. The van der Waals surface area contributed by atoms with Gasteiger partial charge in [-0.3, -0.25) is 4.79 Å². The van der Waals surface area contributed by atoms with E-state index in [4.69, 9.17) is 19.3 Å². The maximum absolute atomic E-state index is 12.8.